The van der Waals surface area contributed by atoms with Crippen LogP contribution in [0, 0.1) is 0 Å². The van der Waals surface area contributed by atoms with Crippen LogP contribution < -0.4 is 0 Å². The van der Waals surface area contributed by atoms with Crippen molar-refractivity contribution in [2.75, 3.05) is 26.2 Å². The highest BCUT2D eigenvalue weighted by atomic mass is 16.5. The Labute approximate surface area is 141 Å². The van der Waals surface area contributed by atoms with Gasteiger partial charge in [-0.1, -0.05) is 10.3 Å². The summed E-state index contributed by atoms with van der Waals surface area (Å²) in [4.78, 5) is 4.92. The Morgan fingerprint density at radius 2 is 1.17 bits per heavy atom. The number of aromatic nitrogens is 2. The van der Waals surface area contributed by atoms with Gasteiger partial charge in [-0.05, 0) is 25.7 Å². The van der Waals surface area contributed by atoms with Gasteiger partial charge < -0.3 is 9.05 Å². The van der Waals surface area contributed by atoms with E-state index in [9.17, 15) is 0 Å². The smallest absolute Gasteiger partial charge is 0.140 e. The molecule has 0 amide bonds. The van der Waals surface area contributed by atoms with Crippen LogP contribution in [0.1, 0.15) is 60.4 Å². The lowest BCUT2D eigenvalue weighted by atomic mass is 10.2. The highest BCUT2D eigenvalue weighted by Gasteiger charge is 2.29. The van der Waals surface area contributed by atoms with E-state index in [1.165, 1.54) is 25.7 Å². The van der Waals surface area contributed by atoms with Crippen molar-refractivity contribution in [1.82, 2.24) is 20.1 Å². The second kappa shape index (κ2) is 6.01. The van der Waals surface area contributed by atoms with Crippen LogP contribution in [0.2, 0.25) is 0 Å². The summed E-state index contributed by atoms with van der Waals surface area (Å²) >= 11 is 0. The molecule has 128 valence electrons. The largest absolute Gasteiger partial charge is 0.361 e. The summed E-state index contributed by atoms with van der Waals surface area (Å²) in [6.45, 7) is 6.08. The Hall–Kier alpha value is -1.66. The maximum absolute atomic E-state index is 5.45. The van der Waals surface area contributed by atoms with E-state index in [4.69, 9.17) is 9.05 Å². The lowest BCUT2D eigenvalue weighted by Crippen LogP contribution is -2.45. The summed E-state index contributed by atoms with van der Waals surface area (Å²) in [5, 5.41) is 8.46. The molecule has 5 rings (SSSR count). The third-order valence-electron chi connectivity index (χ3n) is 5.35. The van der Waals surface area contributed by atoms with Gasteiger partial charge in [0.25, 0.3) is 0 Å². The predicted octanol–water partition coefficient (Wildman–Crippen LogP) is 2.74. The topological polar surface area (TPSA) is 58.5 Å². The second-order valence-electron chi connectivity index (χ2n) is 7.54. The first-order valence-electron chi connectivity index (χ1n) is 9.19. The molecule has 2 aromatic rings. The molecule has 0 atom stereocenters. The monoisotopic (exact) mass is 328 g/mol. The molecule has 0 bridgehead atoms. The van der Waals surface area contributed by atoms with Gasteiger partial charge in [-0.15, -0.1) is 0 Å². The minimum atomic E-state index is 0.645. The van der Waals surface area contributed by atoms with Gasteiger partial charge in [0.05, 0.1) is 11.4 Å². The SMILES string of the molecule is c1c(CN2CCN(Cc3cc(C4CC4)on3)CC2)noc1C1CC1. The van der Waals surface area contributed by atoms with Crippen LogP contribution in [-0.4, -0.2) is 46.3 Å². The molecule has 3 aliphatic rings. The first kappa shape index (κ1) is 14.7. The Bertz CT molecular complexity index is 633. The van der Waals surface area contributed by atoms with E-state index in [0.29, 0.717) is 11.8 Å². The van der Waals surface area contributed by atoms with Gasteiger partial charge in [0.1, 0.15) is 11.5 Å². The summed E-state index contributed by atoms with van der Waals surface area (Å²) in [6.07, 6.45) is 5.05. The molecule has 1 aliphatic heterocycles. The van der Waals surface area contributed by atoms with Crippen LogP contribution in [0.3, 0.4) is 0 Å². The first-order valence-corrected chi connectivity index (χ1v) is 9.19. The molecule has 6 nitrogen and oxygen atoms in total. The fourth-order valence-corrected chi connectivity index (χ4v) is 3.49. The van der Waals surface area contributed by atoms with Crippen LogP contribution in [0.4, 0.5) is 0 Å². The number of hydrogen-bond donors (Lipinski definition) is 0. The Kier molecular flexibility index (Phi) is 3.67. The third-order valence-corrected chi connectivity index (χ3v) is 5.35. The van der Waals surface area contributed by atoms with Crippen molar-refractivity contribution in [2.45, 2.75) is 50.6 Å². The molecule has 2 aliphatic carbocycles. The van der Waals surface area contributed by atoms with Crippen molar-refractivity contribution in [3.63, 3.8) is 0 Å². The van der Waals surface area contributed by atoms with Gasteiger partial charge in [-0.3, -0.25) is 9.80 Å². The second-order valence-corrected chi connectivity index (χ2v) is 7.54. The van der Waals surface area contributed by atoms with Crippen molar-refractivity contribution in [3.05, 3.63) is 35.0 Å². The molecule has 0 N–H and O–H groups in total. The quantitative estimate of drug-likeness (QED) is 0.813. The highest BCUT2D eigenvalue weighted by molar-refractivity contribution is 5.15. The highest BCUT2D eigenvalue weighted by Crippen LogP contribution is 2.41. The molecule has 3 heterocycles. The molecule has 0 radical (unpaired) electrons. The fourth-order valence-electron chi connectivity index (χ4n) is 3.49. The van der Waals surface area contributed by atoms with Gasteiger partial charge >= 0.3 is 0 Å². The van der Waals surface area contributed by atoms with E-state index >= 15 is 0 Å². The maximum Gasteiger partial charge on any atom is 0.140 e. The molecule has 2 saturated carbocycles. The molecular weight excluding hydrogens is 304 g/mol. The molecule has 0 aromatic carbocycles. The molecule has 24 heavy (non-hydrogen) atoms. The normalized spacial score (nSPS) is 23.0. The van der Waals surface area contributed by atoms with Crippen molar-refractivity contribution < 1.29 is 9.05 Å². The lowest BCUT2D eigenvalue weighted by Gasteiger charge is -2.33. The number of hydrogen-bond acceptors (Lipinski definition) is 6. The number of piperazine rings is 1. The van der Waals surface area contributed by atoms with Gasteiger partial charge in [-0.2, -0.15) is 0 Å². The Morgan fingerprint density at radius 3 is 1.54 bits per heavy atom. The minimum Gasteiger partial charge on any atom is -0.361 e. The third kappa shape index (κ3) is 3.26. The van der Waals surface area contributed by atoms with E-state index in [0.717, 1.165) is 62.2 Å². The fraction of sp³-hybridized carbons (Fsp3) is 0.667. The van der Waals surface area contributed by atoms with Crippen molar-refractivity contribution in [3.8, 4) is 0 Å². The summed E-state index contributed by atoms with van der Waals surface area (Å²) in [7, 11) is 0. The van der Waals surface area contributed by atoms with Crippen LogP contribution in [0.25, 0.3) is 0 Å². The average Bonchev–Trinajstić information content (AvgIpc) is 3.53. The Morgan fingerprint density at radius 1 is 0.750 bits per heavy atom. The zero-order valence-corrected chi connectivity index (χ0v) is 14.0. The van der Waals surface area contributed by atoms with Crippen molar-refractivity contribution >= 4 is 0 Å². The molecule has 6 heteroatoms. The summed E-state index contributed by atoms with van der Waals surface area (Å²) in [6, 6.07) is 4.30. The molecule has 1 saturated heterocycles. The standard InChI is InChI=1S/C18H24N4O2/c1-2-13(1)17-9-15(19-23-17)11-21-5-7-22(8-6-21)12-16-10-18(24-20-16)14-3-4-14/h9-10,13-14H,1-8,11-12H2. The van der Waals surface area contributed by atoms with E-state index in [1.807, 2.05) is 0 Å². The Balaban J connectivity index is 1.10. The van der Waals surface area contributed by atoms with Crippen LogP contribution in [0.5, 0.6) is 0 Å². The van der Waals surface area contributed by atoms with E-state index in [-0.39, 0.29) is 0 Å². The summed E-state index contributed by atoms with van der Waals surface area (Å²) < 4.78 is 10.9. The van der Waals surface area contributed by atoms with Gasteiger partial charge in [0.2, 0.25) is 0 Å². The van der Waals surface area contributed by atoms with Gasteiger partial charge in [0, 0.05) is 63.2 Å². The summed E-state index contributed by atoms with van der Waals surface area (Å²) in [5.74, 6) is 3.46. The zero-order chi connectivity index (χ0) is 15.9. The van der Waals surface area contributed by atoms with Crippen LogP contribution in [-0.2, 0) is 13.1 Å². The van der Waals surface area contributed by atoms with E-state index in [2.05, 4.69) is 32.2 Å². The number of rotatable bonds is 6. The minimum absolute atomic E-state index is 0.645. The predicted molar refractivity (Wildman–Crippen MR) is 87.5 cm³/mol. The van der Waals surface area contributed by atoms with E-state index in [1.54, 1.807) is 0 Å². The van der Waals surface area contributed by atoms with E-state index < -0.39 is 0 Å². The van der Waals surface area contributed by atoms with Crippen LogP contribution >= 0.6 is 0 Å². The maximum atomic E-state index is 5.45. The molecule has 0 spiro atoms. The van der Waals surface area contributed by atoms with Crippen LogP contribution in [0.15, 0.2) is 21.2 Å². The number of nitrogens with zero attached hydrogens (tertiary/aromatic N) is 4. The first-order chi connectivity index (χ1) is 11.8. The zero-order valence-electron chi connectivity index (χ0n) is 14.0. The molecule has 3 fully saturated rings. The molecule has 0 unspecified atom stereocenters. The van der Waals surface area contributed by atoms with Gasteiger partial charge in [-0.25, -0.2) is 0 Å². The summed E-state index contributed by atoms with van der Waals surface area (Å²) in [5.41, 5.74) is 2.16. The molecule has 2 aromatic heterocycles. The lowest BCUT2D eigenvalue weighted by molar-refractivity contribution is 0.118. The molecular formula is C18H24N4O2. The average molecular weight is 328 g/mol. The van der Waals surface area contributed by atoms with Gasteiger partial charge in [0.15, 0.2) is 0 Å². The van der Waals surface area contributed by atoms with Crippen molar-refractivity contribution in [1.29, 1.82) is 0 Å². The van der Waals surface area contributed by atoms with Crippen molar-refractivity contribution in [2.24, 2.45) is 0 Å².